The summed E-state index contributed by atoms with van der Waals surface area (Å²) < 4.78 is 23.8. The molecular weight excluding hydrogens is 330 g/mol. The van der Waals surface area contributed by atoms with Gasteiger partial charge in [-0.05, 0) is 6.07 Å². The van der Waals surface area contributed by atoms with E-state index < -0.39 is 26.7 Å². The van der Waals surface area contributed by atoms with Gasteiger partial charge in [0.15, 0.2) is 12.4 Å². The molecule has 5 N–H and O–H groups in total. The van der Waals surface area contributed by atoms with E-state index in [0.29, 0.717) is 0 Å². The Morgan fingerprint density at radius 1 is 1.15 bits per heavy atom. The number of aromatic nitrogens is 1. The standard InChI is InChI=1S/C8H13NO7P2.2Na/c1-9-4-2-3-7(6-9)5-8(10,17(11,12)13)18(14,15)16;;/h2-4,6,10H,5H2,1H3,(H3-,11,12,13,14,15,16);;/q;2*+1/p+1. The van der Waals surface area contributed by atoms with Crippen molar-refractivity contribution in [3.63, 3.8) is 0 Å². The predicted octanol–water partition coefficient (Wildman–Crippen LogP) is -6.94. The van der Waals surface area contributed by atoms with Gasteiger partial charge in [-0.15, -0.1) is 0 Å². The van der Waals surface area contributed by atoms with Gasteiger partial charge in [0.25, 0.3) is 5.08 Å². The van der Waals surface area contributed by atoms with Gasteiger partial charge < -0.3 is 24.7 Å². The van der Waals surface area contributed by atoms with Crippen molar-refractivity contribution in [3.8, 4) is 0 Å². The molecule has 102 valence electrons. The molecule has 0 spiro atoms. The maximum atomic E-state index is 11.1. The molecule has 8 nitrogen and oxygen atoms in total. The monoisotopic (exact) mass is 344 g/mol. The van der Waals surface area contributed by atoms with Crippen LogP contribution in [0.15, 0.2) is 24.5 Å². The van der Waals surface area contributed by atoms with E-state index in [0.717, 1.165) is 0 Å². The number of hydrogen-bond donors (Lipinski definition) is 5. The fourth-order valence-corrected chi connectivity index (χ4v) is 3.54. The molecule has 0 atom stereocenters. The van der Waals surface area contributed by atoms with Crippen molar-refractivity contribution in [3.05, 3.63) is 30.1 Å². The molecule has 0 aliphatic heterocycles. The molecule has 0 amide bonds. The van der Waals surface area contributed by atoms with Gasteiger partial charge in [-0.1, -0.05) is 0 Å². The average Bonchev–Trinajstić information content (AvgIpc) is 2.13. The molecule has 0 aliphatic rings. The first-order valence-electron chi connectivity index (χ1n) is 4.75. The summed E-state index contributed by atoms with van der Waals surface area (Å²) in [7, 11) is -9.19. The van der Waals surface area contributed by atoms with Crippen molar-refractivity contribution >= 4 is 15.2 Å². The van der Waals surface area contributed by atoms with Crippen molar-refractivity contribution in [2.75, 3.05) is 0 Å². The molecule has 0 saturated heterocycles. The second kappa shape index (κ2) is 8.31. The summed E-state index contributed by atoms with van der Waals surface area (Å²) in [4.78, 5) is 35.9. The van der Waals surface area contributed by atoms with Crippen LogP contribution in [0.2, 0.25) is 0 Å². The second-order valence-corrected chi connectivity index (χ2v) is 7.93. The zero-order chi connectivity index (χ0) is 14.2. The maximum absolute atomic E-state index is 11.1. The van der Waals surface area contributed by atoms with E-state index in [9.17, 15) is 14.2 Å². The van der Waals surface area contributed by atoms with Crippen molar-refractivity contribution in [2.24, 2.45) is 7.05 Å². The molecule has 0 bridgehead atoms. The van der Waals surface area contributed by atoms with Crippen LogP contribution in [0.4, 0.5) is 0 Å². The number of hydrogen-bond acceptors (Lipinski definition) is 3. The summed E-state index contributed by atoms with van der Waals surface area (Å²) in [5.41, 5.74) is 0.189. The first-order chi connectivity index (χ1) is 7.97. The zero-order valence-corrected chi connectivity index (χ0v) is 17.2. The van der Waals surface area contributed by atoms with Gasteiger partial charge in [-0.25, -0.2) is 4.57 Å². The molecule has 0 radical (unpaired) electrons. The molecular formula is C8H14NNa2O7P2+3. The van der Waals surface area contributed by atoms with Gasteiger partial charge in [0.1, 0.15) is 7.05 Å². The van der Waals surface area contributed by atoms with Crippen molar-refractivity contribution < 1.29 is 97.5 Å². The molecule has 0 unspecified atom stereocenters. The number of nitrogens with zero attached hydrogens (tertiary/aromatic N) is 1. The molecule has 0 aliphatic carbocycles. The fourth-order valence-electron chi connectivity index (χ4n) is 1.40. The summed E-state index contributed by atoms with van der Waals surface area (Å²) in [6.45, 7) is 0. The third-order valence-electron chi connectivity index (χ3n) is 2.38. The number of aliphatic hydroxyl groups is 1. The Bertz CT molecular complexity index is 521. The number of rotatable bonds is 4. The second-order valence-electron chi connectivity index (χ2n) is 3.92. The zero-order valence-electron chi connectivity index (χ0n) is 11.4. The van der Waals surface area contributed by atoms with Crippen molar-refractivity contribution in [1.29, 1.82) is 0 Å². The molecule has 1 aromatic rings. The molecule has 1 rings (SSSR count). The van der Waals surface area contributed by atoms with Crippen LogP contribution in [-0.2, 0) is 22.6 Å². The summed E-state index contributed by atoms with van der Waals surface area (Å²) in [6.07, 6.45) is 2.17. The van der Waals surface area contributed by atoms with Crippen LogP contribution in [-0.4, -0.2) is 29.8 Å². The SMILES string of the molecule is C[n+]1cccc(CC(O)(P(=O)(O)O)P(=O)(O)O)c1.[Na+].[Na+]. The van der Waals surface area contributed by atoms with E-state index in [1.54, 1.807) is 13.2 Å². The molecule has 0 fully saturated rings. The Morgan fingerprint density at radius 3 is 1.95 bits per heavy atom. The van der Waals surface area contributed by atoms with Crippen molar-refractivity contribution in [1.82, 2.24) is 0 Å². The molecule has 1 aromatic heterocycles. The minimum atomic E-state index is -5.41. The van der Waals surface area contributed by atoms with Crippen LogP contribution in [0.1, 0.15) is 5.56 Å². The van der Waals surface area contributed by atoms with Gasteiger partial charge in [0.2, 0.25) is 0 Å². The normalized spacial score (nSPS) is 12.3. The quantitative estimate of drug-likeness (QED) is 0.208. The average molecular weight is 344 g/mol. The van der Waals surface area contributed by atoms with E-state index >= 15 is 0 Å². The van der Waals surface area contributed by atoms with Crippen LogP contribution in [0.5, 0.6) is 0 Å². The Hall–Kier alpha value is 1.41. The summed E-state index contributed by atoms with van der Waals surface area (Å²) in [5.74, 6) is 0. The summed E-state index contributed by atoms with van der Waals surface area (Å²) >= 11 is 0. The largest absolute Gasteiger partial charge is 1.00 e. The summed E-state index contributed by atoms with van der Waals surface area (Å²) in [5, 5.41) is 6.28. The van der Waals surface area contributed by atoms with E-state index in [4.69, 9.17) is 19.6 Å². The Labute approximate surface area is 160 Å². The number of aryl methyl sites for hydroxylation is 1. The molecule has 0 saturated carbocycles. The van der Waals surface area contributed by atoms with Gasteiger partial charge in [0.05, 0.1) is 0 Å². The topological polar surface area (TPSA) is 139 Å². The van der Waals surface area contributed by atoms with E-state index in [-0.39, 0.29) is 64.7 Å². The molecule has 20 heavy (non-hydrogen) atoms. The molecule has 0 aromatic carbocycles. The molecule has 12 heteroatoms. The van der Waals surface area contributed by atoms with Gasteiger partial charge >= 0.3 is 74.3 Å². The smallest absolute Gasteiger partial charge is 0.367 e. The maximum Gasteiger partial charge on any atom is 1.00 e. The van der Waals surface area contributed by atoms with Gasteiger partial charge in [0, 0.05) is 18.1 Å². The van der Waals surface area contributed by atoms with Crippen LogP contribution >= 0.6 is 15.2 Å². The minimum absolute atomic E-state index is 0. The van der Waals surface area contributed by atoms with Gasteiger partial charge in [-0.2, -0.15) is 0 Å². The molecule has 1 heterocycles. The van der Waals surface area contributed by atoms with Gasteiger partial charge in [-0.3, -0.25) is 9.13 Å². The van der Waals surface area contributed by atoms with Crippen LogP contribution < -0.4 is 63.7 Å². The first kappa shape index (κ1) is 23.7. The van der Waals surface area contributed by atoms with E-state index in [1.165, 1.54) is 22.9 Å². The number of pyridine rings is 1. The van der Waals surface area contributed by atoms with Crippen LogP contribution in [0.25, 0.3) is 0 Å². The third kappa shape index (κ3) is 5.56. The Morgan fingerprint density at radius 2 is 1.60 bits per heavy atom. The van der Waals surface area contributed by atoms with E-state index in [2.05, 4.69) is 0 Å². The first-order valence-corrected chi connectivity index (χ1v) is 7.98. The Balaban J connectivity index is 0. The summed E-state index contributed by atoms with van der Waals surface area (Å²) in [6, 6.07) is 2.92. The Kier molecular flexibility index (Phi) is 9.84. The fraction of sp³-hybridized carbons (Fsp3) is 0.375. The third-order valence-corrected chi connectivity index (χ3v) is 6.12. The predicted molar refractivity (Wildman–Crippen MR) is 60.4 cm³/mol. The van der Waals surface area contributed by atoms with Crippen molar-refractivity contribution in [2.45, 2.75) is 11.5 Å². The van der Waals surface area contributed by atoms with Crippen LogP contribution in [0.3, 0.4) is 0 Å². The van der Waals surface area contributed by atoms with E-state index in [1.807, 2.05) is 0 Å². The van der Waals surface area contributed by atoms with Crippen LogP contribution in [0, 0.1) is 0 Å². The minimum Gasteiger partial charge on any atom is -0.367 e.